The predicted octanol–water partition coefficient (Wildman–Crippen LogP) is 0.102. The van der Waals surface area contributed by atoms with Crippen molar-refractivity contribution in [3.8, 4) is 12.3 Å². The van der Waals surface area contributed by atoms with Crippen molar-refractivity contribution in [3.05, 3.63) is 5.01 Å². The standard InChI is InChI=1S/C4H3N3S/c1-2-3-6-7-4(5)8-3/h1H,(H2,5,7). The number of anilines is 1. The number of terminal acetylenes is 1. The van der Waals surface area contributed by atoms with Crippen LogP contribution in [0.2, 0.25) is 0 Å². The van der Waals surface area contributed by atoms with Gasteiger partial charge in [0.1, 0.15) is 0 Å². The van der Waals surface area contributed by atoms with E-state index < -0.39 is 0 Å². The second kappa shape index (κ2) is 1.80. The summed E-state index contributed by atoms with van der Waals surface area (Å²) in [6, 6.07) is 0. The average molecular weight is 125 g/mol. The summed E-state index contributed by atoms with van der Waals surface area (Å²) >= 11 is 1.21. The molecule has 1 rings (SSSR count). The second-order valence-electron chi connectivity index (χ2n) is 1.09. The van der Waals surface area contributed by atoms with Crippen molar-refractivity contribution in [1.29, 1.82) is 0 Å². The van der Waals surface area contributed by atoms with E-state index in [2.05, 4.69) is 16.1 Å². The van der Waals surface area contributed by atoms with E-state index in [1.807, 2.05) is 0 Å². The quantitative estimate of drug-likeness (QED) is 0.500. The molecule has 2 N–H and O–H groups in total. The van der Waals surface area contributed by atoms with Crippen LogP contribution in [0.15, 0.2) is 0 Å². The molecule has 0 aliphatic rings. The number of aromatic nitrogens is 2. The Bertz CT molecular complexity index is 221. The summed E-state index contributed by atoms with van der Waals surface area (Å²) in [5.41, 5.74) is 5.20. The largest absolute Gasteiger partial charge is 0.374 e. The van der Waals surface area contributed by atoms with Crippen molar-refractivity contribution >= 4 is 16.5 Å². The van der Waals surface area contributed by atoms with Crippen LogP contribution in [0.3, 0.4) is 0 Å². The smallest absolute Gasteiger partial charge is 0.203 e. The molecule has 8 heavy (non-hydrogen) atoms. The Morgan fingerprint density at radius 3 is 2.62 bits per heavy atom. The van der Waals surface area contributed by atoms with Gasteiger partial charge in [-0.15, -0.1) is 16.6 Å². The fourth-order valence-electron chi connectivity index (χ4n) is 0.293. The molecule has 0 aromatic carbocycles. The molecule has 0 bridgehead atoms. The average Bonchev–Trinajstić information content (AvgIpc) is 2.14. The molecule has 1 aromatic rings. The van der Waals surface area contributed by atoms with E-state index in [9.17, 15) is 0 Å². The van der Waals surface area contributed by atoms with Crippen LogP contribution in [0, 0.1) is 12.3 Å². The van der Waals surface area contributed by atoms with Crippen LogP contribution in [0.25, 0.3) is 0 Å². The number of nitrogen functional groups attached to an aromatic ring is 1. The maximum absolute atomic E-state index is 5.20. The monoisotopic (exact) mass is 125 g/mol. The van der Waals surface area contributed by atoms with E-state index in [0.29, 0.717) is 10.1 Å². The van der Waals surface area contributed by atoms with Gasteiger partial charge in [-0.2, -0.15) is 0 Å². The van der Waals surface area contributed by atoms with Crippen molar-refractivity contribution in [2.45, 2.75) is 0 Å². The van der Waals surface area contributed by atoms with Gasteiger partial charge in [0.05, 0.1) is 0 Å². The SMILES string of the molecule is C#Cc1nnc(N)s1. The van der Waals surface area contributed by atoms with Gasteiger partial charge in [-0.3, -0.25) is 0 Å². The minimum absolute atomic E-state index is 0.415. The molecule has 40 valence electrons. The molecule has 0 saturated carbocycles. The fraction of sp³-hybridized carbons (Fsp3) is 0. The van der Waals surface area contributed by atoms with Gasteiger partial charge < -0.3 is 5.73 Å². The van der Waals surface area contributed by atoms with E-state index >= 15 is 0 Å². The van der Waals surface area contributed by atoms with Crippen LogP contribution < -0.4 is 5.73 Å². The first kappa shape index (κ1) is 5.06. The summed E-state index contributed by atoms with van der Waals surface area (Å²) in [4.78, 5) is 0. The molecule has 0 amide bonds. The normalized spacial score (nSPS) is 8.38. The molecule has 0 unspecified atom stereocenters. The Balaban J connectivity index is 3.05. The number of nitrogens with zero attached hydrogens (tertiary/aromatic N) is 2. The third-order valence-corrected chi connectivity index (χ3v) is 1.25. The minimum Gasteiger partial charge on any atom is -0.374 e. The van der Waals surface area contributed by atoms with Crippen LogP contribution in [0.4, 0.5) is 5.13 Å². The van der Waals surface area contributed by atoms with E-state index in [1.165, 1.54) is 11.3 Å². The first-order valence-electron chi connectivity index (χ1n) is 1.88. The van der Waals surface area contributed by atoms with Gasteiger partial charge in [0.2, 0.25) is 5.13 Å². The summed E-state index contributed by atoms with van der Waals surface area (Å²) in [7, 11) is 0. The van der Waals surface area contributed by atoms with E-state index in [1.54, 1.807) is 0 Å². The number of hydrogen-bond donors (Lipinski definition) is 1. The van der Waals surface area contributed by atoms with E-state index in [0.717, 1.165) is 0 Å². The molecule has 0 aliphatic carbocycles. The van der Waals surface area contributed by atoms with Crippen LogP contribution in [-0.4, -0.2) is 10.2 Å². The predicted molar refractivity (Wildman–Crippen MR) is 32.3 cm³/mol. The van der Waals surface area contributed by atoms with Gasteiger partial charge in [-0.05, 0) is 5.92 Å². The lowest BCUT2D eigenvalue weighted by Crippen LogP contribution is -1.79. The number of hydrogen-bond acceptors (Lipinski definition) is 4. The molecular weight excluding hydrogens is 122 g/mol. The zero-order chi connectivity index (χ0) is 5.98. The highest BCUT2D eigenvalue weighted by atomic mass is 32.1. The van der Waals surface area contributed by atoms with Gasteiger partial charge >= 0.3 is 0 Å². The Morgan fingerprint density at radius 1 is 1.62 bits per heavy atom. The third-order valence-electron chi connectivity index (χ3n) is 0.564. The lowest BCUT2D eigenvalue weighted by Gasteiger charge is -1.66. The van der Waals surface area contributed by atoms with Crippen molar-refractivity contribution in [2.75, 3.05) is 5.73 Å². The molecular formula is C4H3N3S. The molecule has 3 nitrogen and oxygen atoms in total. The molecule has 1 aromatic heterocycles. The topological polar surface area (TPSA) is 51.8 Å². The molecule has 0 spiro atoms. The Hall–Kier alpha value is -1.08. The summed E-state index contributed by atoms with van der Waals surface area (Å²) in [5, 5.41) is 7.98. The first-order valence-corrected chi connectivity index (χ1v) is 2.70. The highest BCUT2D eigenvalue weighted by Crippen LogP contribution is 2.07. The molecule has 0 fully saturated rings. The lowest BCUT2D eigenvalue weighted by atomic mass is 10.8. The van der Waals surface area contributed by atoms with E-state index in [-0.39, 0.29) is 0 Å². The number of nitrogens with two attached hydrogens (primary N) is 1. The molecule has 0 saturated heterocycles. The highest BCUT2D eigenvalue weighted by molar-refractivity contribution is 7.15. The van der Waals surface area contributed by atoms with Crippen molar-refractivity contribution < 1.29 is 0 Å². The van der Waals surface area contributed by atoms with Gasteiger partial charge in [-0.25, -0.2) is 0 Å². The summed E-state index contributed by atoms with van der Waals surface area (Å²) in [6.45, 7) is 0. The van der Waals surface area contributed by atoms with Crippen LogP contribution in [0.5, 0.6) is 0 Å². The van der Waals surface area contributed by atoms with Crippen molar-refractivity contribution in [1.82, 2.24) is 10.2 Å². The van der Waals surface area contributed by atoms with Gasteiger partial charge in [0, 0.05) is 0 Å². The van der Waals surface area contributed by atoms with Crippen LogP contribution in [0.1, 0.15) is 5.01 Å². The summed E-state index contributed by atoms with van der Waals surface area (Å²) in [5.74, 6) is 2.31. The van der Waals surface area contributed by atoms with Gasteiger partial charge in [0.15, 0.2) is 5.01 Å². The molecule has 0 aliphatic heterocycles. The Kier molecular flexibility index (Phi) is 1.14. The molecule has 0 radical (unpaired) electrons. The van der Waals surface area contributed by atoms with Gasteiger partial charge in [-0.1, -0.05) is 11.3 Å². The van der Waals surface area contributed by atoms with Crippen molar-refractivity contribution in [2.24, 2.45) is 0 Å². The van der Waals surface area contributed by atoms with Crippen LogP contribution >= 0.6 is 11.3 Å². The maximum Gasteiger partial charge on any atom is 0.203 e. The Morgan fingerprint density at radius 2 is 2.38 bits per heavy atom. The number of rotatable bonds is 0. The third kappa shape index (κ3) is 0.768. The van der Waals surface area contributed by atoms with Gasteiger partial charge in [0.25, 0.3) is 0 Å². The minimum atomic E-state index is 0.415. The molecule has 1 heterocycles. The van der Waals surface area contributed by atoms with Crippen LogP contribution in [-0.2, 0) is 0 Å². The van der Waals surface area contributed by atoms with E-state index in [4.69, 9.17) is 12.2 Å². The summed E-state index contributed by atoms with van der Waals surface area (Å²) < 4.78 is 0. The zero-order valence-corrected chi connectivity index (χ0v) is 4.77. The second-order valence-corrected chi connectivity index (χ2v) is 2.10. The fourth-order valence-corrected chi connectivity index (χ4v) is 0.713. The first-order chi connectivity index (χ1) is 3.83. The Labute approximate surface area is 50.5 Å². The maximum atomic E-state index is 5.20. The summed E-state index contributed by atoms with van der Waals surface area (Å²) in [6.07, 6.45) is 4.97. The highest BCUT2D eigenvalue weighted by Gasteiger charge is 1.92. The molecule has 0 atom stereocenters. The zero-order valence-electron chi connectivity index (χ0n) is 3.96. The van der Waals surface area contributed by atoms with Crippen molar-refractivity contribution in [3.63, 3.8) is 0 Å². The lowest BCUT2D eigenvalue weighted by molar-refractivity contribution is 1.08. The molecule has 4 heteroatoms.